The van der Waals surface area contributed by atoms with Crippen LogP contribution < -0.4 is 4.90 Å². The lowest BCUT2D eigenvalue weighted by Crippen LogP contribution is -2.44. The molecular formula is C28H20Cl2N2O3. The maximum Gasteiger partial charge on any atom is 0.240 e. The highest BCUT2D eigenvalue weighted by Crippen LogP contribution is 2.53. The van der Waals surface area contributed by atoms with Crippen molar-refractivity contribution in [2.75, 3.05) is 4.90 Å². The van der Waals surface area contributed by atoms with Crippen molar-refractivity contribution in [2.24, 2.45) is 11.8 Å². The molecule has 0 radical (unpaired) electrons. The molecule has 7 heteroatoms. The number of halogens is 2. The Morgan fingerprint density at radius 3 is 2.34 bits per heavy atom. The summed E-state index contributed by atoms with van der Waals surface area (Å²) in [6.07, 6.45) is 3.75. The third kappa shape index (κ3) is 3.26. The molecule has 0 saturated carbocycles. The van der Waals surface area contributed by atoms with E-state index in [9.17, 15) is 14.4 Å². The highest BCUT2D eigenvalue weighted by atomic mass is 35.5. The summed E-state index contributed by atoms with van der Waals surface area (Å²) < 4.78 is 0. The lowest BCUT2D eigenvalue weighted by molar-refractivity contribution is -0.123. The molecule has 4 atom stereocenters. The molecule has 0 N–H and O–H groups in total. The highest BCUT2D eigenvalue weighted by Gasteiger charge is 2.64. The monoisotopic (exact) mass is 502 g/mol. The summed E-state index contributed by atoms with van der Waals surface area (Å²) >= 11 is 12.5. The maximum atomic E-state index is 13.9. The van der Waals surface area contributed by atoms with Crippen LogP contribution in [0, 0.1) is 18.8 Å². The molecule has 0 bridgehead atoms. The Morgan fingerprint density at radius 2 is 1.60 bits per heavy atom. The number of rotatable bonds is 3. The van der Waals surface area contributed by atoms with Crippen LogP contribution in [0.3, 0.4) is 0 Å². The van der Waals surface area contributed by atoms with Crippen molar-refractivity contribution in [1.29, 1.82) is 0 Å². The lowest BCUT2D eigenvalue weighted by atomic mass is 9.83. The van der Waals surface area contributed by atoms with Crippen molar-refractivity contribution in [1.82, 2.24) is 4.90 Å². The largest absolute Gasteiger partial charge is 0.358 e. The number of ketones is 1. The smallest absolute Gasteiger partial charge is 0.240 e. The van der Waals surface area contributed by atoms with Crippen LogP contribution >= 0.6 is 23.2 Å². The molecule has 0 spiro atoms. The van der Waals surface area contributed by atoms with Gasteiger partial charge in [-0.05, 0) is 54.5 Å². The van der Waals surface area contributed by atoms with Gasteiger partial charge in [0.25, 0.3) is 0 Å². The van der Waals surface area contributed by atoms with Crippen LogP contribution in [0.4, 0.5) is 5.69 Å². The molecule has 35 heavy (non-hydrogen) atoms. The zero-order valence-electron chi connectivity index (χ0n) is 18.7. The van der Waals surface area contributed by atoms with Gasteiger partial charge in [-0.2, -0.15) is 0 Å². The topological polar surface area (TPSA) is 57.7 Å². The third-order valence-corrected chi connectivity index (χ3v) is 7.77. The summed E-state index contributed by atoms with van der Waals surface area (Å²) in [6, 6.07) is 18.4. The molecular weight excluding hydrogens is 483 g/mol. The van der Waals surface area contributed by atoms with Gasteiger partial charge in [-0.25, -0.2) is 4.90 Å². The quantitative estimate of drug-likeness (QED) is 0.340. The fourth-order valence-electron chi connectivity index (χ4n) is 5.65. The first-order valence-electron chi connectivity index (χ1n) is 11.3. The molecule has 2 fully saturated rings. The Hall–Kier alpha value is -3.41. The Morgan fingerprint density at radius 1 is 0.886 bits per heavy atom. The van der Waals surface area contributed by atoms with Gasteiger partial charge in [0.1, 0.15) is 6.04 Å². The van der Waals surface area contributed by atoms with E-state index in [1.807, 2.05) is 60.5 Å². The van der Waals surface area contributed by atoms with E-state index in [0.29, 0.717) is 10.7 Å². The SMILES string of the molecule is Cc1ccc(N2C(=O)C3C(C2=O)C2c4ccccc4C=CN2C3C(=O)c2ccc(Cl)cc2Cl)cc1. The normalized spacial score (nSPS) is 24.4. The molecule has 2 saturated heterocycles. The number of carbonyl (C=O) groups excluding carboxylic acids is 3. The highest BCUT2D eigenvalue weighted by molar-refractivity contribution is 6.37. The van der Waals surface area contributed by atoms with Crippen LogP contribution in [0.15, 0.2) is 72.9 Å². The number of benzene rings is 3. The van der Waals surface area contributed by atoms with E-state index in [2.05, 4.69) is 0 Å². The molecule has 2 amide bonds. The lowest BCUT2D eigenvalue weighted by Gasteiger charge is -2.35. The number of aryl methyl sites for hydroxylation is 1. The standard InChI is InChI=1S/C28H20Cl2N2O3/c1-15-6-9-18(10-7-15)32-27(34)22-23(28(32)35)25(26(33)20-11-8-17(29)14-21(20)30)31-13-12-16-4-2-3-5-19(16)24(22)31/h2-14,22-25H,1H3. The number of nitrogens with zero attached hydrogens (tertiary/aromatic N) is 2. The minimum absolute atomic E-state index is 0.219. The van der Waals surface area contributed by atoms with E-state index in [0.717, 1.165) is 16.7 Å². The van der Waals surface area contributed by atoms with Crippen LogP contribution in [0.5, 0.6) is 0 Å². The number of imide groups is 1. The van der Waals surface area contributed by atoms with Crippen LogP contribution in [0.2, 0.25) is 10.0 Å². The zero-order valence-corrected chi connectivity index (χ0v) is 20.2. The fraction of sp³-hybridized carbons (Fsp3) is 0.179. The van der Waals surface area contributed by atoms with Crippen molar-refractivity contribution in [3.05, 3.63) is 105 Å². The molecule has 174 valence electrons. The first kappa shape index (κ1) is 22.1. The van der Waals surface area contributed by atoms with Crippen LogP contribution in [0.1, 0.15) is 33.1 Å². The van der Waals surface area contributed by atoms with E-state index < -0.39 is 23.9 Å². The van der Waals surface area contributed by atoms with Gasteiger partial charge in [0.15, 0.2) is 5.78 Å². The zero-order chi connectivity index (χ0) is 24.4. The van der Waals surface area contributed by atoms with Crippen molar-refractivity contribution in [3.63, 3.8) is 0 Å². The van der Waals surface area contributed by atoms with Gasteiger partial charge in [-0.1, -0.05) is 65.2 Å². The molecule has 3 aliphatic rings. The molecule has 3 heterocycles. The summed E-state index contributed by atoms with van der Waals surface area (Å²) in [7, 11) is 0. The molecule has 3 aromatic carbocycles. The maximum absolute atomic E-state index is 13.9. The van der Waals surface area contributed by atoms with Gasteiger partial charge in [-0.3, -0.25) is 14.4 Å². The Bertz CT molecular complexity index is 1430. The molecule has 3 aliphatic heterocycles. The number of Topliss-reactive ketones (excluding diaryl/α,β-unsaturated/α-hetero) is 1. The summed E-state index contributed by atoms with van der Waals surface area (Å²) in [6.45, 7) is 1.94. The van der Waals surface area contributed by atoms with Gasteiger partial charge in [0.05, 0.1) is 28.6 Å². The second-order valence-electron chi connectivity index (χ2n) is 9.17. The van der Waals surface area contributed by atoms with Crippen molar-refractivity contribution < 1.29 is 14.4 Å². The van der Waals surface area contributed by atoms with Gasteiger partial charge in [-0.15, -0.1) is 0 Å². The fourth-order valence-corrected chi connectivity index (χ4v) is 6.16. The average Bonchev–Trinajstić information content (AvgIpc) is 3.32. The number of anilines is 1. The molecule has 0 aliphatic carbocycles. The Kier molecular flexibility index (Phi) is 5.09. The summed E-state index contributed by atoms with van der Waals surface area (Å²) in [5.41, 5.74) is 3.72. The Balaban J connectivity index is 1.50. The molecule has 0 aromatic heterocycles. The first-order chi connectivity index (χ1) is 16.9. The van der Waals surface area contributed by atoms with E-state index in [1.165, 1.54) is 11.0 Å². The average molecular weight is 503 g/mol. The summed E-state index contributed by atoms with van der Waals surface area (Å²) in [5, 5.41) is 0.634. The van der Waals surface area contributed by atoms with Gasteiger partial charge in [0, 0.05) is 16.8 Å². The van der Waals surface area contributed by atoms with Gasteiger partial charge < -0.3 is 4.90 Å². The molecule has 3 aromatic rings. The number of amides is 2. The summed E-state index contributed by atoms with van der Waals surface area (Å²) in [4.78, 5) is 44.8. The first-order valence-corrected chi connectivity index (χ1v) is 12.1. The van der Waals surface area contributed by atoms with E-state index >= 15 is 0 Å². The third-order valence-electron chi connectivity index (χ3n) is 7.22. The second-order valence-corrected chi connectivity index (χ2v) is 10.0. The van der Waals surface area contributed by atoms with E-state index in [4.69, 9.17) is 23.2 Å². The number of carbonyl (C=O) groups is 3. The minimum atomic E-state index is -0.875. The van der Waals surface area contributed by atoms with Crippen molar-refractivity contribution in [2.45, 2.75) is 19.0 Å². The second kappa shape index (κ2) is 8.08. The van der Waals surface area contributed by atoms with Crippen molar-refractivity contribution >= 4 is 52.6 Å². The summed E-state index contributed by atoms with van der Waals surface area (Å²) in [5.74, 6) is -2.51. The van der Waals surface area contributed by atoms with E-state index in [-0.39, 0.29) is 28.2 Å². The van der Waals surface area contributed by atoms with Crippen LogP contribution in [0.25, 0.3) is 6.08 Å². The predicted octanol–water partition coefficient (Wildman–Crippen LogP) is 5.70. The number of hydrogen-bond acceptors (Lipinski definition) is 4. The van der Waals surface area contributed by atoms with Gasteiger partial charge in [0.2, 0.25) is 11.8 Å². The van der Waals surface area contributed by atoms with Gasteiger partial charge >= 0.3 is 0 Å². The molecule has 4 unspecified atom stereocenters. The number of fused-ring (bicyclic) bond motifs is 5. The Labute approximate surface area is 212 Å². The predicted molar refractivity (Wildman–Crippen MR) is 135 cm³/mol. The minimum Gasteiger partial charge on any atom is -0.358 e. The van der Waals surface area contributed by atoms with Crippen LogP contribution in [-0.4, -0.2) is 28.5 Å². The number of hydrogen-bond donors (Lipinski definition) is 0. The van der Waals surface area contributed by atoms with E-state index in [1.54, 1.807) is 24.3 Å². The van der Waals surface area contributed by atoms with Crippen molar-refractivity contribution in [3.8, 4) is 0 Å². The van der Waals surface area contributed by atoms with Crippen LogP contribution in [-0.2, 0) is 9.59 Å². The molecule has 5 nitrogen and oxygen atoms in total. The molecule has 6 rings (SSSR count).